The quantitative estimate of drug-likeness (QED) is 0.624. The maximum absolute atomic E-state index is 13.1. The summed E-state index contributed by atoms with van der Waals surface area (Å²) in [4.78, 5) is 15.6. The third kappa shape index (κ3) is 2.73. The number of carbonyl (C=O) groups excluding carboxylic acids is 1. The number of nitrogens with one attached hydrogen (secondary N) is 1. The van der Waals surface area contributed by atoms with Crippen molar-refractivity contribution in [2.24, 2.45) is 5.92 Å². The molecule has 1 saturated heterocycles. The summed E-state index contributed by atoms with van der Waals surface area (Å²) >= 11 is 6.00. The van der Waals surface area contributed by atoms with Gasteiger partial charge in [0.1, 0.15) is 6.10 Å². The van der Waals surface area contributed by atoms with Crippen molar-refractivity contribution < 1.29 is 19.7 Å². The maximum atomic E-state index is 13.1. The second-order valence-electron chi connectivity index (χ2n) is 10.9. The molecule has 34 heavy (non-hydrogen) atoms. The molecule has 1 spiro atoms. The number of nitrogens with zero attached hydrogens (tertiary/aromatic N) is 1. The number of rotatable bonds is 4. The number of phenols is 1. The van der Waals surface area contributed by atoms with Crippen LogP contribution in [0.5, 0.6) is 11.5 Å². The van der Waals surface area contributed by atoms with E-state index in [1.165, 1.54) is 12.8 Å². The summed E-state index contributed by atoms with van der Waals surface area (Å²) < 4.78 is 6.51. The number of benzene rings is 2. The fourth-order valence-electron chi connectivity index (χ4n) is 7.48. The molecule has 3 aliphatic carbocycles. The average molecular weight is 481 g/mol. The van der Waals surface area contributed by atoms with Gasteiger partial charge < -0.3 is 20.3 Å². The second-order valence-corrected chi connectivity index (χ2v) is 11.4. The number of aromatic hydroxyl groups is 1. The summed E-state index contributed by atoms with van der Waals surface area (Å²) in [6.45, 7) is 1.95. The molecule has 7 rings (SSSR count). The lowest BCUT2D eigenvalue weighted by Crippen LogP contribution is -2.78. The molecule has 1 amide bonds. The van der Waals surface area contributed by atoms with Crippen LogP contribution in [-0.4, -0.2) is 57.9 Å². The maximum Gasteiger partial charge on any atom is 0.251 e. The molecule has 2 aromatic rings. The summed E-state index contributed by atoms with van der Waals surface area (Å²) in [7, 11) is 0. The molecule has 6 nitrogen and oxygen atoms in total. The fraction of sp³-hybridized carbons (Fsp3) is 0.519. The van der Waals surface area contributed by atoms with Crippen LogP contribution < -0.4 is 10.1 Å². The van der Waals surface area contributed by atoms with Gasteiger partial charge in [0.2, 0.25) is 0 Å². The summed E-state index contributed by atoms with van der Waals surface area (Å²) in [6.07, 6.45) is 4.89. The molecule has 1 unspecified atom stereocenters. The van der Waals surface area contributed by atoms with Crippen LogP contribution in [0, 0.1) is 5.92 Å². The normalized spacial score (nSPS) is 35.4. The van der Waals surface area contributed by atoms with Crippen molar-refractivity contribution in [1.29, 1.82) is 0 Å². The van der Waals surface area contributed by atoms with Crippen molar-refractivity contribution in [1.82, 2.24) is 10.2 Å². The minimum absolute atomic E-state index is 0.0314. The molecule has 5 atom stereocenters. The number of hydrogen-bond acceptors (Lipinski definition) is 5. The number of carbonyl (C=O) groups is 1. The molecular formula is C27H29ClN2O4. The third-order valence-electron chi connectivity index (χ3n) is 9.19. The van der Waals surface area contributed by atoms with Crippen LogP contribution >= 0.6 is 11.6 Å². The zero-order chi connectivity index (χ0) is 23.2. The van der Waals surface area contributed by atoms with E-state index in [9.17, 15) is 15.0 Å². The van der Waals surface area contributed by atoms with Crippen molar-refractivity contribution in [3.63, 3.8) is 0 Å². The molecule has 2 bridgehead atoms. The molecule has 0 aromatic heterocycles. The highest BCUT2D eigenvalue weighted by atomic mass is 35.5. The molecule has 3 fully saturated rings. The highest BCUT2D eigenvalue weighted by Gasteiger charge is 2.73. The van der Waals surface area contributed by atoms with Gasteiger partial charge in [-0.05, 0) is 86.9 Å². The lowest BCUT2D eigenvalue weighted by molar-refractivity contribution is -0.191. The van der Waals surface area contributed by atoms with Crippen LogP contribution in [0.15, 0.2) is 36.4 Å². The Labute approximate surface area is 203 Å². The first-order chi connectivity index (χ1) is 16.4. The van der Waals surface area contributed by atoms with E-state index in [0.29, 0.717) is 29.2 Å². The number of phenolic OH excluding ortho intramolecular Hbond substituents is 1. The first-order valence-corrected chi connectivity index (χ1v) is 12.8. The lowest BCUT2D eigenvalue weighted by Gasteiger charge is -2.64. The van der Waals surface area contributed by atoms with E-state index in [1.807, 2.05) is 6.07 Å². The number of likely N-dealkylation sites (tertiary alicyclic amines) is 1. The molecule has 5 aliphatic rings. The van der Waals surface area contributed by atoms with Gasteiger partial charge in [0.05, 0.1) is 17.1 Å². The number of halogens is 1. The second kappa shape index (κ2) is 7.12. The molecule has 2 saturated carbocycles. The third-order valence-corrected chi connectivity index (χ3v) is 9.44. The van der Waals surface area contributed by atoms with Crippen LogP contribution in [0.25, 0.3) is 0 Å². The van der Waals surface area contributed by atoms with Crippen molar-refractivity contribution >= 4 is 17.5 Å². The number of piperidine rings is 1. The zero-order valence-corrected chi connectivity index (χ0v) is 19.7. The highest BCUT2D eigenvalue weighted by molar-refractivity contribution is 6.30. The Morgan fingerprint density at radius 1 is 1.15 bits per heavy atom. The van der Waals surface area contributed by atoms with Gasteiger partial charge in [0.15, 0.2) is 11.5 Å². The van der Waals surface area contributed by atoms with Gasteiger partial charge in [0.25, 0.3) is 5.91 Å². The molecule has 0 radical (unpaired) electrons. The Bertz CT molecular complexity index is 1180. The number of aliphatic hydroxyl groups is 1. The van der Waals surface area contributed by atoms with Crippen molar-refractivity contribution in [2.45, 2.75) is 67.7 Å². The van der Waals surface area contributed by atoms with Gasteiger partial charge in [-0.2, -0.15) is 0 Å². The van der Waals surface area contributed by atoms with Crippen molar-refractivity contribution in [3.8, 4) is 11.5 Å². The summed E-state index contributed by atoms with van der Waals surface area (Å²) in [6, 6.07) is 10.3. The van der Waals surface area contributed by atoms with E-state index in [-0.39, 0.29) is 23.7 Å². The van der Waals surface area contributed by atoms with Crippen LogP contribution in [0.3, 0.4) is 0 Å². The van der Waals surface area contributed by atoms with Crippen LogP contribution in [-0.2, 0) is 11.8 Å². The SMILES string of the molecule is O=C(NC1CC[C@@]2(O)[C@H]3Cc4ccc(O)c5c4[C@@]2(CCN3CC2CC2)[C@H]1O5)c1ccc(Cl)cc1. The zero-order valence-electron chi connectivity index (χ0n) is 19.0. The monoisotopic (exact) mass is 480 g/mol. The topological polar surface area (TPSA) is 82.0 Å². The molecular weight excluding hydrogens is 452 g/mol. The average Bonchev–Trinajstić information content (AvgIpc) is 3.56. The van der Waals surface area contributed by atoms with E-state index in [2.05, 4.69) is 10.2 Å². The van der Waals surface area contributed by atoms with Crippen LogP contribution in [0.1, 0.15) is 53.6 Å². The Kier molecular flexibility index (Phi) is 4.41. The van der Waals surface area contributed by atoms with Gasteiger partial charge in [-0.15, -0.1) is 0 Å². The Balaban J connectivity index is 1.29. The van der Waals surface area contributed by atoms with Crippen LogP contribution in [0.4, 0.5) is 0 Å². The molecule has 2 aliphatic heterocycles. The van der Waals surface area contributed by atoms with Crippen molar-refractivity contribution in [2.75, 3.05) is 13.1 Å². The van der Waals surface area contributed by atoms with Gasteiger partial charge >= 0.3 is 0 Å². The minimum atomic E-state index is -0.946. The number of amides is 1. The van der Waals surface area contributed by atoms with Gasteiger partial charge in [0, 0.05) is 28.7 Å². The van der Waals surface area contributed by atoms with Gasteiger partial charge in [-0.25, -0.2) is 0 Å². The molecule has 3 N–H and O–H groups in total. The molecule has 2 aromatic carbocycles. The standard InChI is InChI=1S/C27H29ClN2O4/c28-18-6-3-16(4-7-18)25(32)29-19-9-10-27(33)21-13-17-5-8-20(31)23-22(17)26(27,24(19)34-23)11-12-30(21)14-15-1-2-15/h3-8,15,19,21,24,31,33H,1-2,9-14H2,(H,29,32)/t19?,21-,24+,26+,27-/m1/s1. The van der Waals surface area contributed by atoms with E-state index < -0.39 is 17.1 Å². The van der Waals surface area contributed by atoms with Crippen molar-refractivity contribution in [3.05, 3.63) is 58.1 Å². The van der Waals surface area contributed by atoms with E-state index >= 15 is 0 Å². The lowest BCUT2D eigenvalue weighted by atomic mass is 9.48. The number of hydrogen-bond donors (Lipinski definition) is 3. The predicted octanol–water partition coefficient (Wildman–Crippen LogP) is 3.41. The Hall–Kier alpha value is -2.28. The highest BCUT2D eigenvalue weighted by Crippen LogP contribution is 2.65. The first-order valence-electron chi connectivity index (χ1n) is 12.5. The van der Waals surface area contributed by atoms with Crippen LogP contribution in [0.2, 0.25) is 5.02 Å². The predicted molar refractivity (Wildman–Crippen MR) is 127 cm³/mol. The summed E-state index contributed by atoms with van der Waals surface area (Å²) in [5.74, 6) is 1.19. The minimum Gasteiger partial charge on any atom is -0.504 e. The van der Waals surface area contributed by atoms with E-state index in [0.717, 1.165) is 43.0 Å². The number of ether oxygens (including phenoxy) is 1. The Morgan fingerprint density at radius 3 is 2.71 bits per heavy atom. The molecule has 7 heteroatoms. The summed E-state index contributed by atoms with van der Waals surface area (Å²) in [5.41, 5.74) is 1.11. The molecule has 178 valence electrons. The Morgan fingerprint density at radius 2 is 1.94 bits per heavy atom. The first kappa shape index (κ1) is 21.0. The van der Waals surface area contributed by atoms with E-state index in [1.54, 1.807) is 30.3 Å². The van der Waals surface area contributed by atoms with E-state index in [4.69, 9.17) is 16.3 Å². The molecule has 2 heterocycles. The fourth-order valence-corrected chi connectivity index (χ4v) is 7.61. The summed E-state index contributed by atoms with van der Waals surface area (Å²) in [5, 5.41) is 27.0. The largest absolute Gasteiger partial charge is 0.504 e. The van der Waals surface area contributed by atoms with Gasteiger partial charge in [-0.1, -0.05) is 17.7 Å². The smallest absolute Gasteiger partial charge is 0.251 e. The van der Waals surface area contributed by atoms with Gasteiger partial charge in [-0.3, -0.25) is 9.69 Å².